The van der Waals surface area contributed by atoms with Crippen molar-refractivity contribution in [2.24, 2.45) is 0 Å². The van der Waals surface area contributed by atoms with Gasteiger partial charge in [-0.3, -0.25) is 4.79 Å². The van der Waals surface area contributed by atoms with Gasteiger partial charge in [-0.25, -0.2) is 13.2 Å². The molecule has 0 radical (unpaired) electrons. The largest absolute Gasteiger partial charge is 0.480 e. The van der Waals surface area contributed by atoms with Crippen LogP contribution in [0.4, 0.5) is 0 Å². The highest BCUT2D eigenvalue weighted by Crippen LogP contribution is 2.26. The third-order valence-electron chi connectivity index (χ3n) is 5.49. The quantitative estimate of drug-likeness (QED) is 0.265. The highest BCUT2D eigenvalue weighted by molar-refractivity contribution is 7.89. The van der Waals surface area contributed by atoms with Crippen molar-refractivity contribution in [2.75, 3.05) is 13.2 Å². The topological polar surface area (TPSA) is 122 Å². The van der Waals surface area contributed by atoms with Crippen LogP contribution in [0.25, 0.3) is 0 Å². The van der Waals surface area contributed by atoms with Crippen LogP contribution in [-0.2, 0) is 32.5 Å². The molecule has 0 saturated heterocycles. The Morgan fingerprint density at radius 2 is 1.59 bits per heavy atom. The summed E-state index contributed by atoms with van der Waals surface area (Å²) in [6.45, 7) is -0.150. The molecule has 0 saturated carbocycles. The number of carboxylic acid groups (broad SMARTS) is 1. The number of unbranched alkanes of at least 4 members (excludes halogenated alkanes) is 1. The molecule has 0 aliphatic heterocycles. The number of carbonyl (C=O) groups is 2. The fourth-order valence-electron chi connectivity index (χ4n) is 3.64. The Hall–Kier alpha value is -3.40. The second kappa shape index (κ2) is 13.8. The summed E-state index contributed by atoms with van der Waals surface area (Å²) in [5, 5.41) is 11.8. The van der Waals surface area contributed by atoms with Gasteiger partial charge in [-0.05, 0) is 61.1 Å². The van der Waals surface area contributed by atoms with Gasteiger partial charge in [0.1, 0.15) is 11.8 Å². The molecule has 196 valence electrons. The van der Waals surface area contributed by atoms with Gasteiger partial charge in [0.15, 0.2) is 6.61 Å². The Kier molecular flexibility index (Phi) is 10.5. The van der Waals surface area contributed by atoms with Gasteiger partial charge >= 0.3 is 5.97 Å². The van der Waals surface area contributed by atoms with E-state index in [1.165, 1.54) is 29.8 Å². The van der Waals surface area contributed by atoms with Crippen LogP contribution in [0.1, 0.15) is 24.0 Å². The minimum atomic E-state index is -3.97. The number of hydrogen-bond donors (Lipinski definition) is 3. The molecule has 1 unspecified atom stereocenters. The monoisotopic (exact) mass is 544 g/mol. The maximum absolute atomic E-state index is 13.1. The first-order chi connectivity index (χ1) is 17.7. The number of benzene rings is 3. The van der Waals surface area contributed by atoms with Gasteiger partial charge in [-0.2, -0.15) is 4.72 Å². The molecule has 0 aliphatic carbocycles. The third kappa shape index (κ3) is 9.20. The third-order valence-corrected chi connectivity index (χ3v) is 7.27. The Labute approximate surface area is 221 Å². The second-order valence-corrected chi connectivity index (χ2v) is 10.5. The smallest absolute Gasteiger partial charge is 0.341 e. The van der Waals surface area contributed by atoms with Gasteiger partial charge in [0.2, 0.25) is 15.9 Å². The molecule has 0 aromatic heterocycles. The lowest BCUT2D eigenvalue weighted by atomic mass is 10.1. The molecule has 1 atom stereocenters. The van der Waals surface area contributed by atoms with Gasteiger partial charge in [0.25, 0.3) is 0 Å². The lowest BCUT2D eigenvalue weighted by Crippen LogP contribution is -2.48. The molecule has 10 heteroatoms. The number of aryl methyl sites for hydroxylation is 1. The molecule has 3 rings (SSSR count). The molecule has 3 aromatic rings. The highest BCUT2D eigenvalue weighted by Gasteiger charge is 2.26. The van der Waals surface area contributed by atoms with E-state index in [1.54, 1.807) is 24.3 Å². The lowest BCUT2D eigenvalue weighted by Gasteiger charge is -2.19. The zero-order chi connectivity index (χ0) is 26.7. The van der Waals surface area contributed by atoms with E-state index in [9.17, 15) is 18.0 Å². The van der Waals surface area contributed by atoms with Crippen LogP contribution in [0.5, 0.6) is 5.75 Å². The molecule has 0 bridgehead atoms. The summed E-state index contributed by atoms with van der Waals surface area (Å²) in [7, 11) is -3.97. The minimum absolute atomic E-state index is 0.0286. The summed E-state index contributed by atoms with van der Waals surface area (Å²) in [4.78, 5) is 23.8. The number of carboxylic acids is 1. The first-order valence-electron chi connectivity index (χ1n) is 11.8. The van der Waals surface area contributed by atoms with Crippen LogP contribution in [0.2, 0.25) is 5.02 Å². The molecule has 0 spiro atoms. The van der Waals surface area contributed by atoms with Crippen molar-refractivity contribution in [1.29, 1.82) is 0 Å². The van der Waals surface area contributed by atoms with Crippen LogP contribution in [0.3, 0.4) is 0 Å². The predicted molar refractivity (Wildman–Crippen MR) is 141 cm³/mol. The molecule has 0 fully saturated rings. The van der Waals surface area contributed by atoms with Gasteiger partial charge in [0, 0.05) is 6.54 Å². The van der Waals surface area contributed by atoms with Gasteiger partial charge in [-0.1, -0.05) is 66.2 Å². The van der Waals surface area contributed by atoms with Crippen LogP contribution in [-0.4, -0.2) is 44.6 Å². The van der Waals surface area contributed by atoms with Crippen molar-refractivity contribution in [1.82, 2.24) is 10.0 Å². The van der Waals surface area contributed by atoms with Crippen molar-refractivity contribution in [2.45, 2.75) is 36.6 Å². The van der Waals surface area contributed by atoms with Crippen molar-refractivity contribution in [3.63, 3.8) is 0 Å². The summed E-state index contributed by atoms with van der Waals surface area (Å²) in [6.07, 6.45) is 2.52. The summed E-state index contributed by atoms with van der Waals surface area (Å²) >= 11 is 6.22. The van der Waals surface area contributed by atoms with E-state index >= 15 is 0 Å². The van der Waals surface area contributed by atoms with E-state index in [2.05, 4.69) is 22.2 Å². The minimum Gasteiger partial charge on any atom is -0.480 e. The predicted octanol–water partition coefficient (Wildman–Crippen LogP) is 3.83. The summed E-state index contributed by atoms with van der Waals surface area (Å²) < 4.78 is 33.5. The lowest BCUT2D eigenvalue weighted by molar-refractivity contribution is -0.139. The van der Waals surface area contributed by atoms with E-state index in [-0.39, 0.29) is 22.1 Å². The van der Waals surface area contributed by atoms with Crippen molar-refractivity contribution in [3.8, 4) is 5.75 Å². The van der Waals surface area contributed by atoms with Crippen molar-refractivity contribution < 1.29 is 27.9 Å². The van der Waals surface area contributed by atoms with Crippen LogP contribution < -0.4 is 14.8 Å². The number of amides is 1. The van der Waals surface area contributed by atoms with E-state index in [0.29, 0.717) is 12.1 Å². The van der Waals surface area contributed by atoms with E-state index < -0.39 is 34.5 Å². The Morgan fingerprint density at radius 1 is 0.919 bits per heavy atom. The highest BCUT2D eigenvalue weighted by atomic mass is 35.5. The SMILES string of the molecule is O=C(O)COc1ccc(CC(NS(=O)(=O)c2ccccc2)C(=O)NCCCCc2ccccc2)cc1Cl. The molecular weight excluding hydrogens is 516 g/mol. The molecule has 3 N–H and O–H groups in total. The number of ether oxygens (including phenoxy) is 1. The van der Waals surface area contributed by atoms with Gasteiger partial charge in [0.05, 0.1) is 9.92 Å². The standard InChI is InChI=1S/C27H29ClN2O6S/c28-23-17-21(14-15-25(23)36-19-26(31)32)18-24(30-37(34,35)22-12-5-2-6-13-22)27(33)29-16-8-7-11-20-9-3-1-4-10-20/h1-6,9-10,12-15,17,24,30H,7-8,11,16,18-19H2,(H,29,33)(H,31,32). The molecular formula is C27H29ClN2O6S. The van der Waals surface area contributed by atoms with E-state index in [4.69, 9.17) is 21.4 Å². The number of sulfonamides is 1. The maximum Gasteiger partial charge on any atom is 0.341 e. The molecule has 0 aliphatic rings. The van der Waals surface area contributed by atoms with Gasteiger partial charge in [-0.15, -0.1) is 0 Å². The normalized spacial score (nSPS) is 12.0. The molecule has 8 nitrogen and oxygen atoms in total. The average Bonchev–Trinajstić information content (AvgIpc) is 2.88. The number of halogens is 1. The number of rotatable bonds is 14. The van der Waals surface area contributed by atoms with Crippen LogP contribution in [0, 0.1) is 0 Å². The second-order valence-electron chi connectivity index (χ2n) is 8.37. The molecule has 0 heterocycles. The zero-order valence-electron chi connectivity index (χ0n) is 20.1. The average molecular weight is 545 g/mol. The fraction of sp³-hybridized carbons (Fsp3) is 0.259. The van der Waals surface area contributed by atoms with E-state index in [1.807, 2.05) is 18.2 Å². The number of hydrogen-bond acceptors (Lipinski definition) is 5. The Balaban J connectivity index is 1.67. The van der Waals surface area contributed by atoms with Crippen molar-refractivity contribution in [3.05, 3.63) is 95.0 Å². The maximum atomic E-state index is 13.1. The number of aliphatic carboxylic acids is 1. The Morgan fingerprint density at radius 3 is 2.24 bits per heavy atom. The first-order valence-corrected chi connectivity index (χ1v) is 13.6. The number of carbonyl (C=O) groups excluding carboxylic acids is 1. The van der Waals surface area contributed by atoms with E-state index in [0.717, 1.165) is 19.3 Å². The first kappa shape index (κ1) is 28.2. The van der Waals surface area contributed by atoms with Crippen LogP contribution >= 0.6 is 11.6 Å². The summed E-state index contributed by atoms with van der Waals surface area (Å²) in [5.74, 6) is -1.42. The Bertz CT molecular complexity index is 1290. The number of nitrogens with one attached hydrogen (secondary N) is 2. The molecule has 37 heavy (non-hydrogen) atoms. The fourth-order valence-corrected chi connectivity index (χ4v) is 5.11. The molecule has 3 aromatic carbocycles. The summed E-state index contributed by atoms with van der Waals surface area (Å²) in [5.41, 5.74) is 1.79. The molecule has 1 amide bonds. The summed E-state index contributed by atoms with van der Waals surface area (Å²) in [6, 6.07) is 21.4. The zero-order valence-corrected chi connectivity index (χ0v) is 21.7. The van der Waals surface area contributed by atoms with Crippen molar-refractivity contribution >= 4 is 33.5 Å². The van der Waals surface area contributed by atoms with Gasteiger partial charge < -0.3 is 15.2 Å². The van der Waals surface area contributed by atoms with Crippen LogP contribution in [0.15, 0.2) is 83.8 Å².